The number of primary amides is 1. The van der Waals surface area contributed by atoms with Gasteiger partial charge in [0.15, 0.2) is 29.0 Å². The number of aromatic amines is 3. The molecule has 21 N–H and O–H groups in total. The van der Waals surface area contributed by atoms with Crippen LogP contribution >= 0.6 is 0 Å². The Morgan fingerprint density at radius 3 is 1.65 bits per heavy atom. The smallest absolute Gasteiger partial charge is 0.330 e. The van der Waals surface area contributed by atoms with Gasteiger partial charge in [0.05, 0.1) is 54.3 Å². The van der Waals surface area contributed by atoms with E-state index in [4.69, 9.17) is 33.8 Å². The number of benzene rings is 2. The molecule has 0 bridgehead atoms. The zero-order valence-corrected chi connectivity index (χ0v) is 50.0. The quantitative estimate of drug-likeness (QED) is 0.0118. The van der Waals surface area contributed by atoms with Crippen molar-refractivity contribution in [2.24, 2.45) is 17.2 Å². The van der Waals surface area contributed by atoms with E-state index in [1.807, 2.05) is 4.98 Å². The molecule has 39 heteroatoms. The first kappa shape index (κ1) is 68.1. The van der Waals surface area contributed by atoms with E-state index in [0.29, 0.717) is 18.6 Å². The van der Waals surface area contributed by atoms with Crippen LogP contribution in [0.5, 0.6) is 0 Å². The average molecular weight is 1290 g/mol. The first-order valence-electron chi connectivity index (χ1n) is 28.2. The predicted octanol–water partition coefficient (Wildman–Crippen LogP) is -7.93. The summed E-state index contributed by atoms with van der Waals surface area (Å²) in [6.45, 7) is -1.54. The van der Waals surface area contributed by atoms with Gasteiger partial charge in [0.25, 0.3) is 22.6 Å². The third-order valence-electron chi connectivity index (χ3n) is 14.4. The molecule has 8 amide bonds. The molecule has 39 nitrogen and oxygen atoms in total. The number of para-hydroxylation sites is 2. The number of fused-ring (bicyclic) bond motifs is 3. The molecule has 6 atom stereocenters. The number of rotatable bonds is 29. The van der Waals surface area contributed by atoms with E-state index in [2.05, 4.69) is 67.5 Å². The number of carbonyl (C=O) groups is 8. The number of H-pyrrole nitrogens is 3. The van der Waals surface area contributed by atoms with Crippen LogP contribution in [-0.4, -0.2) is 169 Å². The summed E-state index contributed by atoms with van der Waals surface area (Å²) in [6.07, 6.45) is 3.13. The van der Waals surface area contributed by atoms with Crippen LogP contribution in [0.15, 0.2) is 102 Å². The van der Waals surface area contributed by atoms with Gasteiger partial charge in [-0.05, 0) is 56.9 Å². The number of nitrogens with zero attached hydrogens (tertiary/aromatic N) is 8. The molecular formula is C54H67N25O14. The van der Waals surface area contributed by atoms with Crippen molar-refractivity contribution in [1.82, 2.24) is 95.6 Å². The second kappa shape index (κ2) is 29.8. The van der Waals surface area contributed by atoms with Crippen molar-refractivity contribution < 1.29 is 38.4 Å². The minimum absolute atomic E-state index is 0.0437. The van der Waals surface area contributed by atoms with Crippen LogP contribution in [0.2, 0.25) is 0 Å². The molecule has 2 aromatic carbocycles. The monoisotopic (exact) mass is 1290 g/mol. The summed E-state index contributed by atoms with van der Waals surface area (Å²) in [6, 6.07) is 3.32. The van der Waals surface area contributed by atoms with E-state index in [1.54, 1.807) is 0 Å². The molecular weight excluding hydrogens is 1220 g/mol. The van der Waals surface area contributed by atoms with E-state index >= 15 is 9.59 Å². The van der Waals surface area contributed by atoms with Gasteiger partial charge < -0.3 is 84.9 Å². The van der Waals surface area contributed by atoms with Gasteiger partial charge in [-0.2, -0.15) is 0 Å². The first-order chi connectivity index (χ1) is 44.1. The molecule has 492 valence electrons. The molecule has 5 heterocycles. The number of nitrogen functional groups attached to an aromatic ring is 1. The van der Waals surface area contributed by atoms with Gasteiger partial charge in [0.1, 0.15) is 42.1 Å². The number of imidazole rings is 1. The number of nitrogens with two attached hydrogens (primary N) is 4. The molecule has 7 rings (SSSR count). The lowest BCUT2D eigenvalue weighted by Crippen LogP contribution is -2.65. The number of likely N-dealkylation sites (N-methyl/N-ethyl adjacent to an activating group) is 1. The zero-order valence-electron chi connectivity index (χ0n) is 50.0. The maximum absolute atomic E-state index is 15.2. The summed E-state index contributed by atoms with van der Waals surface area (Å²) >= 11 is 0. The van der Waals surface area contributed by atoms with Gasteiger partial charge in [-0.1, -0.05) is 24.3 Å². The highest BCUT2D eigenvalue weighted by molar-refractivity contribution is 5.97. The summed E-state index contributed by atoms with van der Waals surface area (Å²) < 4.78 is 2.93. The van der Waals surface area contributed by atoms with E-state index in [0.717, 1.165) is 39.5 Å². The number of anilines is 1. The molecule has 0 saturated carbocycles. The Morgan fingerprint density at radius 1 is 0.624 bits per heavy atom. The summed E-state index contributed by atoms with van der Waals surface area (Å²) in [4.78, 5) is 215. The molecule has 7 aromatic rings. The molecule has 0 aliphatic heterocycles. The number of amides is 8. The fraction of sp³-hybridized carbons (Fsp3) is 0.352. The highest BCUT2D eigenvalue weighted by Gasteiger charge is 2.43. The van der Waals surface area contributed by atoms with Crippen LogP contribution in [0, 0.1) is 10.8 Å². The van der Waals surface area contributed by atoms with Crippen molar-refractivity contribution in [1.29, 1.82) is 10.8 Å². The first-order valence-corrected chi connectivity index (χ1v) is 28.2. The van der Waals surface area contributed by atoms with E-state index in [-0.39, 0.29) is 89.5 Å². The minimum Gasteiger partial charge on any atom is -0.382 e. The number of nitrogens with one attached hydrogen (secondary N) is 13. The second-order valence-corrected chi connectivity index (χ2v) is 21.2. The Labute approximate surface area is 521 Å². The summed E-state index contributed by atoms with van der Waals surface area (Å²) in [5.41, 5.74) is 13.8. The Kier molecular flexibility index (Phi) is 21.8. The van der Waals surface area contributed by atoms with Crippen LogP contribution in [0.25, 0.3) is 33.0 Å². The van der Waals surface area contributed by atoms with Crippen LogP contribution < -0.4 is 99.2 Å². The average Bonchev–Trinajstić information content (AvgIpc) is 1.43. The normalized spacial score (nSPS) is 13.4. The molecule has 0 spiro atoms. The van der Waals surface area contributed by atoms with Gasteiger partial charge >= 0.3 is 17.1 Å². The number of hydrogen-bond acceptors (Lipinski definition) is 20. The summed E-state index contributed by atoms with van der Waals surface area (Å²) in [5, 5.41) is 34.3. The minimum atomic E-state index is -2.56. The molecule has 0 fully saturated rings. The van der Waals surface area contributed by atoms with Gasteiger partial charge in [0, 0.05) is 39.3 Å². The predicted molar refractivity (Wildman–Crippen MR) is 331 cm³/mol. The van der Waals surface area contributed by atoms with Crippen molar-refractivity contribution in [3.05, 3.63) is 136 Å². The van der Waals surface area contributed by atoms with Gasteiger partial charge in [-0.25, -0.2) is 29.3 Å². The lowest BCUT2D eigenvalue weighted by Gasteiger charge is -2.35. The largest absolute Gasteiger partial charge is 0.382 e. The maximum Gasteiger partial charge on any atom is 0.330 e. The molecule has 0 unspecified atom stereocenters. The third-order valence-corrected chi connectivity index (χ3v) is 14.4. The van der Waals surface area contributed by atoms with Crippen LogP contribution in [0.1, 0.15) is 39.5 Å². The maximum atomic E-state index is 15.2. The summed E-state index contributed by atoms with van der Waals surface area (Å²) in [5.74, 6) is -10.0. The fourth-order valence-electron chi connectivity index (χ4n) is 9.79. The Hall–Kier alpha value is -12.3. The molecule has 5 aromatic heterocycles. The Bertz CT molecular complexity index is 4450. The number of guanidine groups is 2. The van der Waals surface area contributed by atoms with Gasteiger partial charge in [-0.3, -0.25) is 82.2 Å². The highest BCUT2D eigenvalue weighted by Crippen LogP contribution is 2.17. The lowest BCUT2D eigenvalue weighted by molar-refractivity contribution is -0.147. The van der Waals surface area contributed by atoms with Crippen molar-refractivity contribution in [3.8, 4) is 0 Å². The Morgan fingerprint density at radius 2 is 1.13 bits per heavy atom. The van der Waals surface area contributed by atoms with Gasteiger partial charge in [-0.15, -0.1) is 0 Å². The second-order valence-electron chi connectivity index (χ2n) is 21.2. The SMILES string of the molecule is CC(=O)N[C@@H](CCCNC(=N)N)C(=O)N[C@](C)(C(=O)N(C)CC(=O)N[C@H](Cn1c(=O)[nH]c2ccccc2c1=O)C(=O)N[C@H](Cn1c(=O)[nH]c2ccccc2c1=O)C(=O)N[C@H](Cn1cnc2c(N)ncnc21)C(=O)N[C@@H](CCCNC(=N)N)C(N)=O)n1ccc(=O)[nH]c1=O. The van der Waals surface area contributed by atoms with Crippen molar-refractivity contribution >= 4 is 98.0 Å². The molecule has 0 saturated heterocycles. The standard InChI is InChI=1S/C54H67N25O14/c1-26(80)66-32(15-9-18-62-50(59)60)45(87)74-54(2,79-19-16-36(81)73-53(79)93)48(90)75(3)23-37(82)67-34(21-77-46(88)27-10-4-6-12-29(27)71-51(77)91)43(85)70-35(22-78-47(89)28-11-5-7-13-30(28)72-52(78)92)44(86)69-33(20-76-25-65-38-39(55)63-24-64-41(38)76)42(84)68-31(40(56)83)14-8-17-61-49(57)58/h4-7,10-13,16,19,24-25,31-35H,8-9,14-15,17-18,20-23H2,1-3H3,(H2,56,83)(H,66,80)(H,67,82)(H,68,84)(H,69,86)(H,70,85)(H,71,91)(H,72,92)(H,74,87)(H2,55,63,64)(H4,57,58,61)(H4,59,60,62)(H,73,81,93)/t31-,32-,33+,34+,35+,54-/m0/s1. The summed E-state index contributed by atoms with van der Waals surface area (Å²) in [7, 11) is 1.02. The topological polar surface area (TPSA) is 596 Å². The van der Waals surface area contributed by atoms with Crippen LogP contribution in [0.3, 0.4) is 0 Å². The van der Waals surface area contributed by atoms with E-state index < -0.39 is 143 Å². The highest BCUT2D eigenvalue weighted by atomic mass is 16.2. The van der Waals surface area contributed by atoms with Crippen molar-refractivity contribution in [2.45, 2.75) is 95.0 Å². The third kappa shape index (κ3) is 16.9. The molecule has 0 aliphatic carbocycles. The Balaban J connectivity index is 1.27. The molecule has 93 heavy (non-hydrogen) atoms. The van der Waals surface area contributed by atoms with Gasteiger partial charge in [0.2, 0.25) is 41.4 Å². The van der Waals surface area contributed by atoms with Crippen LogP contribution in [0.4, 0.5) is 5.82 Å². The fourth-order valence-corrected chi connectivity index (χ4v) is 9.79. The number of hydrogen-bond donors (Lipinski definition) is 17. The van der Waals surface area contributed by atoms with Crippen molar-refractivity contribution in [3.63, 3.8) is 0 Å². The van der Waals surface area contributed by atoms with Crippen molar-refractivity contribution in [2.75, 3.05) is 32.4 Å². The van der Waals surface area contributed by atoms with E-state index in [1.165, 1.54) is 59.4 Å². The lowest BCUT2D eigenvalue weighted by atomic mass is 10.1. The molecule has 0 radical (unpaired) electrons. The van der Waals surface area contributed by atoms with E-state index in [9.17, 15) is 57.5 Å². The number of carbonyl (C=O) groups excluding carboxylic acids is 8. The zero-order chi connectivity index (χ0) is 68.0. The molecule has 0 aliphatic rings. The number of aromatic nitrogens is 10. The van der Waals surface area contributed by atoms with Crippen LogP contribution in [-0.2, 0) is 63.7 Å².